The minimum absolute atomic E-state index is 0.136. The maximum atomic E-state index is 13.2. The van der Waals surface area contributed by atoms with Crippen LogP contribution in [0.1, 0.15) is 0 Å². The summed E-state index contributed by atoms with van der Waals surface area (Å²) in [5, 5.41) is 0.948. The number of anilines is 1. The van der Waals surface area contributed by atoms with E-state index in [1.165, 1.54) is 23.9 Å². The molecule has 0 aliphatic heterocycles. The van der Waals surface area contributed by atoms with Crippen molar-refractivity contribution in [2.75, 3.05) is 4.72 Å². The molecule has 0 aliphatic carbocycles. The fourth-order valence-electron chi connectivity index (χ4n) is 4.02. The second-order valence-electron chi connectivity index (χ2n) is 8.38. The van der Waals surface area contributed by atoms with Crippen LogP contribution in [0.4, 0.5) is 5.82 Å². The molecular formula is C29H21N5O2S2. The molecule has 0 aliphatic rings. The van der Waals surface area contributed by atoms with Crippen molar-refractivity contribution >= 4 is 38.6 Å². The van der Waals surface area contributed by atoms with Crippen molar-refractivity contribution < 1.29 is 8.42 Å². The highest BCUT2D eigenvalue weighted by Crippen LogP contribution is 2.37. The van der Waals surface area contributed by atoms with Gasteiger partial charge in [-0.2, -0.15) is 0 Å². The number of fused-ring (bicyclic) bond motifs is 1. The summed E-state index contributed by atoms with van der Waals surface area (Å²) >= 11 is 1.22. The zero-order valence-corrected chi connectivity index (χ0v) is 21.6. The Kier molecular flexibility index (Phi) is 6.36. The van der Waals surface area contributed by atoms with Crippen molar-refractivity contribution in [3.63, 3.8) is 0 Å². The Balaban J connectivity index is 1.45. The summed E-state index contributed by atoms with van der Waals surface area (Å²) in [6.45, 7) is 0. The van der Waals surface area contributed by atoms with Gasteiger partial charge in [-0.05, 0) is 36.0 Å². The predicted octanol–water partition coefficient (Wildman–Crippen LogP) is 6.64. The van der Waals surface area contributed by atoms with Crippen LogP contribution in [0.3, 0.4) is 0 Å². The highest BCUT2D eigenvalue weighted by atomic mass is 32.2. The maximum absolute atomic E-state index is 13.2. The van der Waals surface area contributed by atoms with Gasteiger partial charge >= 0.3 is 0 Å². The van der Waals surface area contributed by atoms with E-state index >= 15 is 0 Å². The monoisotopic (exact) mass is 535 g/mol. The van der Waals surface area contributed by atoms with E-state index in [2.05, 4.69) is 14.7 Å². The first-order valence-corrected chi connectivity index (χ1v) is 14.1. The first-order chi connectivity index (χ1) is 18.6. The van der Waals surface area contributed by atoms with Crippen LogP contribution in [0.15, 0.2) is 130 Å². The van der Waals surface area contributed by atoms with Gasteiger partial charge in [0.2, 0.25) is 0 Å². The largest absolute Gasteiger partial charge is 0.332 e. The highest BCUT2D eigenvalue weighted by molar-refractivity contribution is 7.99. The molecule has 2 aromatic heterocycles. The molecule has 7 nitrogen and oxygen atoms in total. The number of hydrogen-bond donors (Lipinski definition) is 2. The number of hydrogen-bond acceptors (Lipinski definition) is 6. The van der Waals surface area contributed by atoms with Gasteiger partial charge in [0.25, 0.3) is 10.0 Å². The van der Waals surface area contributed by atoms with Gasteiger partial charge in [-0.25, -0.2) is 23.4 Å². The summed E-state index contributed by atoms with van der Waals surface area (Å²) in [6, 6.07) is 35.4. The Morgan fingerprint density at radius 1 is 0.632 bits per heavy atom. The minimum Gasteiger partial charge on any atom is -0.332 e. The fourth-order valence-corrected chi connectivity index (χ4v) is 5.92. The number of H-pyrrole nitrogens is 1. The Hall–Kier alpha value is -4.47. The Labute approximate surface area is 224 Å². The van der Waals surface area contributed by atoms with Gasteiger partial charge in [-0.15, -0.1) is 0 Å². The van der Waals surface area contributed by atoms with Crippen LogP contribution in [0, 0.1) is 0 Å². The Morgan fingerprint density at radius 2 is 1.18 bits per heavy atom. The van der Waals surface area contributed by atoms with E-state index in [9.17, 15) is 8.42 Å². The zero-order valence-electron chi connectivity index (χ0n) is 19.9. The van der Waals surface area contributed by atoms with Crippen LogP contribution in [0.5, 0.6) is 0 Å². The molecule has 0 saturated heterocycles. The van der Waals surface area contributed by atoms with E-state index in [0.717, 1.165) is 22.5 Å². The van der Waals surface area contributed by atoms with E-state index in [0.29, 0.717) is 21.2 Å². The van der Waals surface area contributed by atoms with Gasteiger partial charge in [-0.3, -0.25) is 4.72 Å². The van der Waals surface area contributed by atoms with Crippen molar-refractivity contribution in [1.82, 2.24) is 19.9 Å². The average Bonchev–Trinajstić information content (AvgIpc) is 3.38. The summed E-state index contributed by atoms with van der Waals surface area (Å²) in [5.41, 5.74) is 4.83. The van der Waals surface area contributed by atoms with Crippen LogP contribution in [-0.4, -0.2) is 28.4 Å². The predicted molar refractivity (Wildman–Crippen MR) is 150 cm³/mol. The molecule has 6 rings (SSSR count). The van der Waals surface area contributed by atoms with Gasteiger partial charge in [0.1, 0.15) is 5.03 Å². The molecule has 0 amide bonds. The number of nitrogens with one attached hydrogen (secondary N) is 2. The maximum Gasteiger partial charge on any atom is 0.263 e. The molecule has 9 heteroatoms. The molecule has 0 radical (unpaired) electrons. The first kappa shape index (κ1) is 23.9. The molecule has 186 valence electrons. The van der Waals surface area contributed by atoms with Gasteiger partial charge in [0.15, 0.2) is 11.0 Å². The van der Waals surface area contributed by atoms with Crippen LogP contribution in [0.25, 0.3) is 33.5 Å². The van der Waals surface area contributed by atoms with Crippen LogP contribution in [0.2, 0.25) is 0 Å². The molecular weight excluding hydrogens is 514 g/mol. The number of aromatic nitrogens is 4. The summed E-state index contributed by atoms with van der Waals surface area (Å²) in [4.78, 5) is 17.8. The standard InChI is InChI=1S/C29H21N5O2S2/c35-38(36,22-16-8-3-9-17-22)34-27-28(31-24-19-11-10-18-23(24)30-27)37-29-32-25(20-12-4-1-5-13-20)26(33-29)21-14-6-2-7-15-21/h1-19H,(H,30,34)(H,32,33). The lowest BCUT2D eigenvalue weighted by Gasteiger charge is -2.11. The van der Waals surface area contributed by atoms with Crippen molar-refractivity contribution in [2.24, 2.45) is 0 Å². The SMILES string of the molecule is O=S(=O)(Nc1nc2ccccc2nc1Sc1nc(-c2ccccc2)c(-c2ccccc2)[nH]1)c1ccccc1. The number of imidazole rings is 1. The van der Waals surface area contributed by atoms with Crippen molar-refractivity contribution in [3.05, 3.63) is 115 Å². The van der Waals surface area contributed by atoms with Crippen molar-refractivity contribution in [1.29, 1.82) is 0 Å². The van der Waals surface area contributed by atoms with Gasteiger partial charge < -0.3 is 4.98 Å². The minimum atomic E-state index is -3.88. The number of para-hydroxylation sites is 2. The number of nitrogens with zero attached hydrogens (tertiary/aromatic N) is 3. The van der Waals surface area contributed by atoms with E-state index in [-0.39, 0.29) is 10.7 Å². The second kappa shape index (κ2) is 10.1. The summed E-state index contributed by atoms with van der Waals surface area (Å²) in [6.07, 6.45) is 0. The normalized spacial score (nSPS) is 11.5. The van der Waals surface area contributed by atoms with Gasteiger partial charge in [-0.1, -0.05) is 91.0 Å². The highest BCUT2D eigenvalue weighted by Gasteiger charge is 2.21. The molecule has 0 saturated carbocycles. The molecule has 0 unspecified atom stereocenters. The third-order valence-corrected chi connectivity index (χ3v) is 8.03. The molecule has 0 fully saturated rings. The number of benzene rings is 4. The van der Waals surface area contributed by atoms with E-state index in [4.69, 9.17) is 9.97 Å². The molecule has 38 heavy (non-hydrogen) atoms. The van der Waals surface area contributed by atoms with Gasteiger partial charge in [0.05, 0.1) is 27.3 Å². The molecule has 6 aromatic rings. The lowest BCUT2D eigenvalue weighted by atomic mass is 10.1. The van der Waals surface area contributed by atoms with E-state index in [1.807, 2.05) is 78.9 Å². The number of sulfonamides is 1. The van der Waals surface area contributed by atoms with Crippen molar-refractivity contribution in [2.45, 2.75) is 15.1 Å². The smallest absolute Gasteiger partial charge is 0.263 e. The molecule has 0 atom stereocenters. The Bertz CT molecular complexity index is 1770. The average molecular weight is 536 g/mol. The topological polar surface area (TPSA) is 101 Å². The lowest BCUT2D eigenvalue weighted by Crippen LogP contribution is -2.15. The third-order valence-electron chi connectivity index (χ3n) is 5.81. The number of rotatable bonds is 7. The molecule has 0 bridgehead atoms. The van der Waals surface area contributed by atoms with Gasteiger partial charge in [0, 0.05) is 11.1 Å². The first-order valence-electron chi connectivity index (χ1n) is 11.8. The molecule has 0 spiro atoms. The van der Waals surface area contributed by atoms with E-state index < -0.39 is 10.0 Å². The second-order valence-corrected chi connectivity index (χ2v) is 11.0. The van der Waals surface area contributed by atoms with E-state index in [1.54, 1.807) is 24.3 Å². The fraction of sp³-hybridized carbons (Fsp3) is 0. The summed E-state index contributed by atoms with van der Waals surface area (Å²) < 4.78 is 29.0. The van der Waals surface area contributed by atoms with Crippen molar-refractivity contribution in [3.8, 4) is 22.5 Å². The third kappa shape index (κ3) is 4.89. The Morgan fingerprint density at radius 3 is 1.84 bits per heavy atom. The van der Waals surface area contributed by atoms with Crippen LogP contribution in [-0.2, 0) is 10.0 Å². The summed E-state index contributed by atoms with van der Waals surface area (Å²) in [7, 11) is -3.88. The molecule has 2 N–H and O–H groups in total. The van der Waals surface area contributed by atoms with Crippen LogP contribution >= 0.6 is 11.8 Å². The number of aromatic amines is 1. The molecule has 4 aromatic carbocycles. The molecule has 2 heterocycles. The summed E-state index contributed by atoms with van der Waals surface area (Å²) in [5.74, 6) is 0.136. The lowest BCUT2D eigenvalue weighted by molar-refractivity contribution is 0.601. The van der Waals surface area contributed by atoms with Crippen LogP contribution < -0.4 is 4.72 Å². The quantitative estimate of drug-likeness (QED) is 0.238. The zero-order chi connectivity index (χ0) is 26.0.